The quantitative estimate of drug-likeness (QED) is 0.463. The number of aromatic nitrogens is 3. The zero-order valence-corrected chi connectivity index (χ0v) is 17.4. The van der Waals surface area contributed by atoms with Gasteiger partial charge in [-0.25, -0.2) is 9.78 Å². The smallest absolute Gasteiger partial charge is 0.339 e. The third-order valence-electron chi connectivity index (χ3n) is 4.95. The van der Waals surface area contributed by atoms with Crippen LogP contribution in [0.25, 0.3) is 5.65 Å². The van der Waals surface area contributed by atoms with Crippen molar-refractivity contribution >= 4 is 23.2 Å². The Labute approximate surface area is 178 Å². The SMILES string of the molecule is COC(=O)c1c(C)[nH]c(C(=O)Nc2cccc(OCc3cn4ccccc4n3)c2)c1C. The zero-order chi connectivity index (χ0) is 22.0. The molecule has 4 rings (SSSR count). The summed E-state index contributed by atoms with van der Waals surface area (Å²) in [6.45, 7) is 3.74. The average molecular weight is 418 g/mol. The first kappa shape index (κ1) is 20.2. The molecular formula is C23H22N4O4. The lowest BCUT2D eigenvalue weighted by Crippen LogP contribution is -2.14. The summed E-state index contributed by atoms with van der Waals surface area (Å²) in [4.78, 5) is 32.2. The molecule has 8 nitrogen and oxygen atoms in total. The molecule has 4 aromatic rings. The second kappa shape index (κ2) is 8.35. The second-order valence-electron chi connectivity index (χ2n) is 7.09. The molecule has 0 aliphatic rings. The van der Waals surface area contributed by atoms with Crippen LogP contribution in [0.4, 0.5) is 5.69 Å². The summed E-state index contributed by atoms with van der Waals surface area (Å²) in [6.07, 6.45) is 3.84. The molecule has 1 amide bonds. The Morgan fingerprint density at radius 2 is 2.00 bits per heavy atom. The van der Waals surface area contributed by atoms with Crippen molar-refractivity contribution in [2.75, 3.05) is 12.4 Å². The maximum absolute atomic E-state index is 12.8. The lowest BCUT2D eigenvalue weighted by atomic mass is 10.1. The molecule has 3 heterocycles. The summed E-state index contributed by atoms with van der Waals surface area (Å²) in [5, 5.41) is 2.83. The van der Waals surface area contributed by atoms with Crippen molar-refractivity contribution in [1.29, 1.82) is 0 Å². The number of benzene rings is 1. The number of methoxy groups -OCH3 is 1. The van der Waals surface area contributed by atoms with E-state index in [0.717, 1.165) is 11.3 Å². The first-order valence-electron chi connectivity index (χ1n) is 9.70. The Morgan fingerprint density at radius 3 is 2.77 bits per heavy atom. The number of hydrogen-bond acceptors (Lipinski definition) is 5. The highest BCUT2D eigenvalue weighted by Crippen LogP contribution is 2.22. The number of ether oxygens (including phenoxy) is 2. The highest BCUT2D eigenvalue weighted by Gasteiger charge is 2.22. The molecule has 0 saturated heterocycles. The number of anilines is 1. The lowest BCUT2D eigenvalue weighted by molar-refractivity contribution is 0.0599. The Kier molecular flexibility index (Phi) is 5.44. The van der Waals surface area contributed by atoms with Crippen LogP contribution in [0.3, 0.4) is 0 Å². The van der Waals surface area contributed by atoms with E-state index in [-0.39, 0.29) is 5.91 Å². The van der Waals surface area contributed by atoms with E-state index in [1.807, 2.05) is 41.1 Å². The van der Waals surface area contributed by atoms with E-state index in [0.29, 0.717) is 40.6 Å². The van der Waals surface area contributed by atoms with Crippen molar-refractivity contribution in [3.63, 3.8) is 0 Å². The van der Waals surface area contributed by atoms with E-state index in [2.05, 4.69) is 15.3 Å². The molecule has 0 aliphatic heterocycles. The monoisotopic (exact) mass is 418 g/mol. The Morgan fingerprint density at radius 1 is 1.16 bits per heavy atom. The van der Waals surface area contributed by atoms with E-state index in [9.17, 15) is 9.59 Å². The minimum atomic E-state index is -0.479. The molecule has 3 aromatic heterocycles. The zero-order valence-electron chi connectivity index (χ0n) is 17.4. The maximum atomic E-state index is 12.8. The van der Waals surface area contributed by atoms with Crippen molar-refractivity contribution < 1.29 is 19.1 Å². The van der Waals surface area contributed by atoms with Gasteiger partial charge in [0.2, 0.25) is 0 Å². The summed E-state index contributed by atoms with van der Waals surface area (Å²) in [5.74, 6) is -0.231. The molecule has 0 bridgehead atoms. The van der Waals surface area contributed by atoms with Crippen LogP contribution in [0.5, 0.6) is 5.75 Å². The molecule has 0 aliphatic carbocycles. The first-order valence-corrected chi connectivity index (χ1v) is 9.70. The van der Waals surface area contributed by atoms with Crippen LogP contribution in [0.15, 0.2) is 54.9 Å². The molecule has 158 valence electrons. The molecule has 1 aromatic carbocycles. The molecule has 0 radical (unpaired) electrons. The minimum absolute atomic E-state index is 0.302. The molecule has 2 N–H and O–H groups in total. The number of aromatic amines is 1. The van der Waals surface area contributed by atoms with Gasteiger partial charge < -0.3 is 24.2 Å². The van der Waals surface area contributed by atoms with Gasteiger partial charge in [-0.15, -0.1) is 0 Å². The molecule has 0 saturated carbocycles. The Hall–Kier alpha value is -4.07. The van der Waals surface area contributed by atoms with E-state index in [4.69, 9.17) is 9.47 Å². The number of esters is 1. The minimum Gasteiger partial charge on any atom is -0.487 e. The van der Waals surface area contributed by atoms with Gasteiger partial charge in [0.05, 0.1) is 18.4 Å². The van der Waals surface area contributed by atoms with Crippen LogP contribution < -0.4 is 10.1 Å². The molecule has 8 heteroatoms. The topological polar surface area (TPSA) is 97.7 Å². The van der Waals surface area contributed by atoms with Gasteiger partial charge in [0.25, 0.3) is 5.91 Å². The number of fused-ring (bicyclic) bond motifs is 1. The van der Waals surface area contributed by atoms with Gasteiger partial charge >= 0.3 is 5.97 Å². The fourth-order valence-electron chi connectivity index (χ4n) is 3.46. The van der Waals surface area contributed by atoms with Gasteiger partial charge in [-0.3, -0.25) is 4.79 Å². The number of pyridine rings is 1. The van der Waals surface area contributed by atoms with Gasteiger partial charge in [-0.2, -0.15) is 0 Å². The van der Waals surface area contributed by atoms with Gasteiger partial charge in [-0.1, -0.05) is 12.1 Å². The number of nitrogens with zero attached hydrogens (tertiary/aromatic N) is 2. The van der Waals surface area contributed by atoms with Crippen molar-refractivity contribution in [2.24, 2.45) is 0 Å². The fraction of sp³-hybridized carbons (Fsp3) is 0.174. The second-order valence-corrected chi connectivity index (χ2v) is 7.09. The summed E-state index contributed by atoms with van der Waals surface area (Å²) >= 11 is 0. The lowest BCUT2D eigenvalue weighted by Gasteiger charge is -2.08. The number of aryl methyl sites for hydroxylation is 1. The van der Waals surface area contributed by atoms with Crippen LogP contribution in [0.2, 0.25) is 0 Å². The van der Waals surface area contributed by atoms with E-state index >= 15 is 0 Å². The van der Waals surface area contributed by atoms with Gasteiger partial charge in [0, 0.05) is 29.8 Å². The van der Waals surface area contributed by atoms with Crippen molar-refractivity contribution in [3.05, 3.63) is 83.1 Å². The summed E-state index contributed by atoms with van der Waals surface area (Å²) in [7, 11) is 1.31. The number of carbonyl (C=O) groups excluding carboxylic acids is 2. The Bertz CT molecular complexity index is 1240. The molecule has 0 spiro atoms. The van der Waals surface area contributed by atoms with Crippen LogP contribution in [0, 0.1) is 13.8 Å². The number of rotatable bonds is 6. The number of imidazole rings is 1. The van der Waals surface area contributed by atoms with Crippen LogP contribution in [-0.2, 0) is 11.3 Å². The highest BCUT2D eigenvalue weighted by molar-refractivity contribution is 6.06. The van der Waals surface area contributed by atoms with Gasteiger partial charge in [0.1, 0.15) is 23.7 Å². The number of H-pyrrole nitrogens is 1. The summed E-state index contributed by atoms with van der Waals surface area (Å²) in [6, 6.07) is 12.9. The summed E-state index contributed by atoms with van der Waals surface area (Å²) in [5.41, 5.74) is 4.04. The average Bonchev–Trinajstić information content (AvgIpc) is 3.32. The fourth-order valence-corrected chi connectivity index (χ4v) is 3.46. The van der Waals surface area contributed by atoms with Crippen LogP contribution in [0.1, 0.15) is 37.8 Å². The normalized spacial score (nSPS) is 10.8. The highest BCUT2D eigenvalue weighted by atomic mass is 16.5. The van der Waals surface area contributed by atoms with Crippen molar-refractivity contribution in [1.82, 2.24) is 14.4 Å². The number of hydrogen-bond donors (Lipinski definition) is 2. The third-order valence-corrected chi connectivity index (χ3v) is 4.95. The number of amides is 1. The molecule has 0 fully saturated rings. The molecule has 0 unspecified atom stereocenters. The van der Waals surface area contributed by atoms with E-state index < -0.39 is 5.97 Å². The summed E-state index contributed by atoms with van der Waals surface area (Å²) < 4.78 is 12.6. The molecule has 0 atom stereocenters. The third kappa shape index (κ3) is 4.13. The van der Waals surface area contributed by atoms with Gasteiger partial charge in [-0.05, 0) is 43.7 Å². The maximum Gasteiger partial charge on any atom is 0.339 e. The van der Waals surface area contributed by atoms with Gasteiger partial charge in [0.15, 0.2) is 0 Å². The van der Waals surface area contributed by atoms with Crippen molar-refractivity contribution in [2.45, 2.75) is 20.5 Å². The first-order chi connectivity index (χ1) is 15.0. The van der Waals surface area contributed by atoms with Crippen molar-refractivity contribution in [3.8, 4) is 5.75 Å². The Balaban J connectivity index is 1.46. The molecular weight excluding hydrogens is 396 g/mol. The van der Waals surface area contributed by atoms with E-state index in [1.54, 1.807) is 32.0 Å². The molecule has 31 heavy (non-hydrogen) atoms. The predicted octanol–water partition coefficient (Wildman–Crippen LogP) is 3.90. The van der Waals surface area contributed by atoms with Crippen LogP contribution in [-0.4, -0.2) is 33.4 Å². The predicted molar refractivity (Wildman–Crippen MR) is 116 cm³/mol. The van der Waals surface area contributed by atoms with Crippen LogP contribution >= 0.6 is 0 Å². The standard InChI is InChI=1S/C23H22N4O4/c1-14-20(23(29)30-3)15(2)24-21(14)22(28)26-16-7-6-8-18(11-16)31-13-17-12-27-10-5-4-9-19(27)25-17/h4-12,24H,13H2,1-3H3,(H,26,28). The number of nitrogens with one attached hydrogen (secondary N) is 2. The van der Waals surface area contributed by atoms with E-state index in [1.165, 1.54) is 7.11 Å². The number of carbonyl (C=O) groups is 2. The largest absolute Gasteiger partial charge is 0.487 e.